The molecule has 1 N–H and O–H groups in total. The molecule has 2 heterocycles. The number of furan rings is 1. The third-order valence-electron chi connectivity index (χ3n) is 4.75. The van der Waals surface area contributed by atoms with Gasteiger partial charge in [-0.05, 0) is 62.2 Å². The van der Waals surface area contributed by atoms with Gasteiger partial charge in [0.25, 0.3) is 5.91 Å². The van der Waals surface area contributed by atoms with Gasteiger partial charge < -0.3 is 18.9 Å². The SMILES string of the molecule is Cc1ccc(NC(=O)COc2c(-c3ccco3)oc3cc(C)ccc3c2=O)c(C)c1. The van der Waals surface area contributed by atoms with Crippen molar-refractivity contribution < 1.29 is 18.4 Å². The molecule has 0 atom stereocenters. The zero-order chi connectivity index (χ0) is 21.3. The number of fused-ring (bicyclic) bond motifs is 1. The second kappa shape index (κ2) is 7.91. The number of rotatable bonds is 5. The number of ether oxygens (including phenoxy) is 1. The van der Waals surface area contributed by atoms with Crippen molar-refractivity contribution in [2.75, 3.05) is 11.9 Å². The fourth-order valence-corrected chi connectivity index (χ4v) is 3.26. The molecule has 6 heteroatoms. The molecule has 2 aromatic carbocycles. The van der Waals surface area contributed by atoms with Crippen molar-refractivity contribution in [1.82, 2.24) is 0 Å². The van der Waals surface area contributed by atoms with Crippen LogP contribution in [-0.4, -0.2) is 12.5 Å². The lowest BCUT2D eigenvalue weighted by Crippen LogP contribution is -2.23. The van der Waals surface area contributed by atoms with E-state index in [2.05, 4.69) is 5.32 Å². The van der Waals surface area contributed by atoms with Crippen molar-refractivity contribution in [3.05, 3.63) is 81.7 Å². The summed E-state index contributed by atoms with van der Waals surface area (Å²) in [5.74, 6) is 0.0653. The molecule has 0 aliphatic carbocycles. The van der Waals surface area contributed by atoms with Crippen LogP contribution < -0.4 is 15.5 Å². The fourth-order valence-electron chi connectivity index (χ4n) is 3.26. The molecule has 4 rings (SSSR count). The number of nitrogens with one attached hydrogen (secondary N) is 1. The Morgan fingerprint density at radius 1 is 1.03 bits per heavy atom. The molecule has 4 aromatic rings. The first kappa shape index (κ1) is 19.5. The number of hydrogen-bond acceptors (Lipinski definition) is 5. The van der Waals surface area contributed by atoms with E-state index in [1.807, 2.05) is 45.0 Å². The molecule has 0 radical (unpaired) electrons. The summed E-state index contributed by atoms with van der Waals surface area (Å²) in [7, 11) is 0. The van der Waals surface area contributed by atoms with Crippen LogP contribution in [0.1, 0.15) is 16.7 Å². The summed E-state index contributed by atoms with van der Waals surface area (Å²) in [5.41, 5.74) is 3.77. The normalized spacial score (nSPS) is 10.9. The maximum atomic E-state index is 13.1. The van der Waals surface area contributed by atoms with Crippen molar-refractivity contribution in [3.8, 4) is 17.3 Å². The van der Waals surface area contributed by atoms with Crippen LogP contribution in [0.3, 0.4) is 0 Å². The van der Waals surface area contributed by atoms with Gasteiger partial charge >= 0.3 is 0 Å². The molecule has 1 amide bonds. The molecule has 0 unspecified atom stereocenters. The summed E-state index contributed by atoms with van der Waals surface area (Å²) in [6.45, 7) is 5.47. The van der Waals surface area contributed by atoms with Gasteiger partial charge in [-0.25, -0.2) is 0 Å². The quantitative estimate of drug-likeness (QED) is 0.507. The highest BCUT2D eigenvalue weighted by molar-refractivity contribution is 5.93. The molecule has 0 saturated carbocycles. The Morgan fingerprint density at radius 2 is 1.80 bits per heavy atom. The lowest BCUT2D eigenvalue weighted by atomic mass is 10.1. The van der Waals surface area contributed by atoms with Crippen molar-refractivity contribution in [2.24, 2.45) is 0 Å². The first-order chi connectivity index (χ1) is 14.4. The van der Waals surface area contributed by atoms with Crippen LogP contribution in [-0.2, 0) is 4.79 Å². The summed E-state index contributed by atoms with van der Waals surface area (Å²) in [6.07, 6.45) is 1.48. The topological polar surface area (TPSA) is 81.7 Å². The summed E-state index contributed by atoms with van der Waals surface area (Å²) in [5, 5.41) is 3.18. The predicted octanol–water partition coefficient (Wildman–Crippen LogP) is 5.00. The Balaban J connectivity index is 1.65. The van der Waals surface area contributed by atoms with Crippen LogP contribution in [0.25, 0.3) is 22.5 Å². The van der Waals surface area contributed by atoms with E-state index < -0.39 is 0 Å². The Morgan fingerprint density at radius 3 is 2.53 bits per heavy atom. The second-order valence-corrected chi connectivity index (χ2v) is 7.22. The highest BCUT2D eigenvalue weighted by atomic mass is 16.5. The minimum absolute atomic E-state index is 0.0583. The predicted molar refractivity (Wildman–Crippen MR) is 115 cm³/mol. The van der Waals surface area contributed by atoms with E-state index in [9.17, 15) is 9.59 Å². The average Bonchev–Trinajstić information content (AvgIpc) is 3.23. The van der Waals surface area contributed by atoms with Gasteiger partial charge in [0.1, 0.15) is 5.58 Å². The maximum absolute atomic E-state index is 13.1. The number of hydrogen-bond donors (Lipinski definition) is 1. The van der Waals surface area contributed by atoms with Gasteiger partial charge in [0.05, 0.1) is 11.6 Å². The average molecular weight is 403 g/mol. The van der Waals surface area contributed by atoms with Crippen molar-refractivity contribution in [3.63, 3.8) is 0 Å². The van der Waals surface area contributed by atoms with Crippen LogP contribution in [0.4, 0.5) is 5.69 Å². The molecule has 0 spiro atoms. The zero-order valence-electron chi connectivity index (χ0n) is 16.9. The third-order valence-corrected chi connectivity index (χ3v) is 4.75. The molecule has 0 bridgehead atoms. The van der Waals surface area contributed by atoms with Crippen molar-refractivity contribution in [1.29, 1.82) is 0 Å². The van der Waals surface area contributed by atoms with Crippen LogP contribution in [0, 0.1) is 20.8 Å². The zero-order valence-corrected chi connectivity index (χ0v) is 16.9. The standard InChI is InChI=1S/C24H21NO5/c1-14-7-9-18(16(3)11-14)25-21(26)13-29-24-22(27)17-8-6-15(2)12-20(17)30-23(24)19-5-4-10-28-19/h4-12H,13H2,1-3H3,(H,25,26). The third kappa shape index (κ3) is 3.85. The molecule has 152 valence electrons. The number of amides is 1. The summed E-state index contributed by atoms with van der Waals surface area (Å²) in [6, 6.07) is 14.4. The molecule has 0 aliphatic heterocycles. The van der Waals surface area contributed by atoms with E-state index in [-0.39, 0.29) is 29.5 Å². The number of carbonyl (C=O) groups is 1. The number of aryl methyl sites for hydroxylation is 3. The van der Waals surface area contributed by atoms with E-state index in [1.165, 1.54) is 6.26 Å². The van der Waals surface area contributed by atoms with Crippen molar-refractivity contribution in [2.45, 2.75) is 20.8 Å². The minimum atomic E-state index is -0.379. The Labute approximate surface area is 173 Å². The highest BCUT2D eigenvalue weighted by Crippen LogP contribution is 2.31. The van der Waals surface area contributed by atoms with Crippen LogP contribution in [0.15, 0.2) is 68.4 Å². The summed E-state index contributed by atoms with van der Waals surface area (Å²) >= 11 is 0. The lowest BCUT2D eigenvalue weighted by Gasteiger charge is -2.12. The lowest BCUT2D eigenvalue weighted by molar-refractivity contribution is -0.118. The minimum Gasteiger partial charge on any atom is -0.476 e. The number of anilines is 1. The molecular weight excluding hydrogens is 382 g/mol. The highest BCUT2D eigenvalue weighted by Gasteiger charge is 2.21. The van der Waals surface area contributed by atoms with Gasteiger partial charge in [0.2, 0.25) is 16.9 Å². The molecule has 0 fully saturated rings. The van der Waals surface area contributed by atoms with Crippen LogP contribution >= 0.6 is 0 Å². The molecule has 6 nitrogen and oxygen atoms in total. The Hall–Kier alpha value is -3.80. The Bertz CT molecular complexity index is 1290. The fraction of sp³-hybridized carbons (Fsp3) is 0.167. The van der Waals surface area contributed by atoms with E-state index in [4.69, 9.17) is 13.6 Å². The Kier molecular flexibility index (Phi) is 5.14. The molecule has 0 aliphatic rings. The monoisotopic (exact) mass is 403 g/mol. The van der Waals surface area contributed by atoms with Gasteiger partial charge in [-0.15, -0.1) is 0 Å². The maximum Gasteiger partial charge on any atom is 0.262 e. The number of carbonyl (C=O) groups excluding carboxylic acids is 1. The molecule has 0 saturated heterocycles. The van der Waals surface area contributed by atoms with Crippen molar-refractivity contribution >= 4 is 22.6 Å². The molecular formula is C24H21NO5. The van der Waals surface area contributed by atoms with E-state index >= 15 is 0 Å². The summed E-state index contributed by atoms with van der Waals surface area (Å²) in [4.78, 5) is 25.5. The summed E-state index contributed by atoms with van der Waals surface area (Å²) < 4.78 is 17.0. The van der Waals surface area contributed by atoms with E-state index in [0.717, 1.165) is 16.7 Å². The van der Waals surface area contributed by atoms with Crippen LogP contribution in [0.5, 0.6) is 5.75 Å². The smallest absolute Gasteiger partial charge is 0.262 e. The first-order valence-corrected chi connectivity index (χ1v) is 9.53. The van der Waals surface area contributed by atoms with E-state index in [0.29, 0.717) is 22.4 Å². The largest absolute Gasteiger partial charge is 0.476 e. The van der Waals surface area contributed by atoms with Gasteiger partial charge in [0.15, 0.2) is 12.4 Å². The first-order valence-electron chi connectivity index (χ1n) is 9.53. The second-order valence-electron chi connectivity index (χ2n) is 7.22. The van der Waals surface area contributed by atoms with E-state index in [1.54, 1.807) is 24.3 Å². The van der Waals surface area contributed by atoms with Crippen LogP contribution in [0.2, 0.25) is 0 Å². The van der Waals surface area contributed by atoms with Gasteiger partial charge in [-0.2, -0.15) is 0 Å². The van der Waals surface area contributed by atoms with Gasteiger partial charge in [-0.3, -0.25) is 9.59 Å². The van der Waals surface area contributed by atoms with Gasteiger partial charge in [0, 0.05) is 5.69 Å². The molecule has 2 aromatic heterocycles. The van der Waals surface area contributed by atoms with Gasteiger partial charge in [-0.1, -0.05) is 23.8 Å². The number of benzene rings is 2. The molecule has 30 heavy (non-hydrogen) atoms.